The van der Waals surface area contributed by atoms with E-state index in [2.05, 4.69) is 5.32 Å². The topological polar surface area (TPSA) is 52.5 Å². The third-order valence-corrected chi connectivity index (χ3v) is 3.52. The predicted molar refractivity (Wildman–Crippen MR) is 60.7 cm³/mol. The quantitative estimate of drug-likeness (QED) is 0.705. The first kappa shape index (κ1) is 9.58. The van der Waals surface area contributed by atoms with Crippen molar-refractivity contribution in [3.63, 3.8) is 0 Å². The number of benzene rings is 1. The number of nitrogens with one attached hydrogen (secondary N) is 1. The molecule has 0 saturated carbocycles. The van der Waals surface area contributed by atoms with Crippen molar-refractivity contribution in [1.29, 1.82) is 0 Å². The van der Waals surface area contributed by atoms with Crippen molar-refractivity contribution in [2.75, 3.05) is 11.1 Å². The van der Waals surface area contributed by atoms with Gasteiger partial charge < -0.3 is 5.32 Å². The van der Waals surface area contributed by atoms with Gasteiger partial charge in [-0.25, -0.2) is 0 Å². The molecule has 0 fully saturated rings. The molecule has 0 saturated heterocycles. The van der Waals surface area contributed by atoms with Gasteiger partial charge in [-0.05, 0) is 18.2 Å². The molecule has 1 aliphatic heterocycles. The van der Waals surface area contributed by atoms with E-state index in [1.807, 2.05) is 36.4 Å². The van der Waals surface area contributed by atoms with Crippen molar-refractivity contribution in [2.45, 2.75) is 6.04 Å². The fraction of sp³-hybridized carbons (Fsp3) is 0.200. The van der Waals surface area contributed by atoms with Crippen molar-refractivity contribution in [3.8, 4) is 0 Å². The normalized spacial score (nSPS) is 26.0. The van der Waals surface area contributed by atoms with E-state index in [1.54, 1.807) is 0 Å². The molecular weight excluding hydrogens is 198 g/mol. The number of anilines is 1. The van der Waals surface area contributed by atoms with Crippen LogP contribution in [0.5, 0.6) is 0 Å². The van der Waals surface area contributed by atoms with Gasteiger partial charge in [-0.3, -0.25) is 9.11 Å². The van der Waals surface area contributed by atoms with Crippen LogP contribution in [0, 0.1) is 0 Å². The molecule has 0 amide bonds. The first-order valence-electron chi connectivity index (χ1n) is 4.41. The van der Waals surface area contributed by atoms with Gasteiger partial charge in [0.05, 0.1) is 11.8 Å². The van der Waals surface area contributed by atoms with Gasteiger partial charge >= 0.3 is 0 Å². The van der Waals surface area contributed by atoms with Gasteiger partial charge in [-0.15, -0.1) is 0 Å². The molecule has 3 nitrogen and oxygen atoms in total. The molecule has 1 unspecified atom stereocenters. The lowest BCUT2D eigenvalue weighted by molar-refractivity contribution is 0.501. The Kier molecular flexibility index (Phi) is 2.50. The highest BCUT2D eigenvalue weighted by Gasteiger charge is 2.21. The molecule has 76 valence electrons. The van der Waals surface area contributed by atoms with E-state index in [1.165, 1.54) is 5.41 Å². The van der Waals surface area contributed by atoms with Crippen LogP contribution in [0.4, 0.5) is 5.69 Å². The third-order valence-electron chi connectivity index (χ3n) is 2.08. The summed E-state index contributed by atoms with van der Waals surface area (Å²) in [6.07, 6.45) is 1.81. The summed E-state index contributed by atoms with van der Waals surface area (Å²) in [6, 6.07) is 9.78. The molecule has 0 aromatic heterocycles. The molecule has 2 rings (SSSR count). The molecule has 0 spiro atoms. The average molecular weight is 211 g/mol. The number of para-hydroxylation sites is 1. The molecule has 1 heterocycles. The average Bonchev–Trinajstić information content (AvgIpc) is 2.47. The van der Waals surface area contributed by atoms with Crippen molar-refractivity contribution in [3.05, 3.63) is 41.8 Å². The fourth-order valence-corrected chi connectivity index (χ4v) is 2.71. The molecule has 0 radical (unpaired) electrons. The summed E-state index contributed by atoms with van der Waals surface area (Å²) in [5.41, 5.74) is 0.999. The van der Waals surface area contributed by atoms with Crippen LogP contribution in [0.1, 0.15) is 0 Å². The van der Waals surface area contributed by atoms with E-state index in [0.29, 0.717) is 5.75 Å². The summed E-state index contributed by atoms with van der Waals surface area (Å²) in [7, 11) is -2.46. The monoisotopic (exact) mass is 211 g/mol. The van der Waals surface area contributed by atoms with E-state index >= 15 is 0 Å². The minimum absolute atomic E-state index is 0.0300. The molecule has 1 aromatic carbocycles. The van der Waals surface area contributed by atoms with Crippen molar-refractivity contribution in [1.82, 2.24) is 0 Å². The van der Waals surface area contributed by atoms with E-state index in [-0.39, 0.29) is 6.04 Å². The summed E-state index contributed by atoms with van der Waals surface area (Å²) in [5.74, 6) is 0.377. The zero-order chi connectivity index (χ0) is 10.0. The summed E-state index contributed by atoms with van der Waals surface area (Å²) in [6.45, 7) is 0. The lowest BCUT2D eigenvalue weighted by Gasteiger charge is -2.25. The Morgan fingerprint density at radius 3 is 2.50 bits per heavy atom. The van der Waals surface area contributed by atoms with Gasteiger partial charge in [0, 0.05) is 11.1 Å². The van der Waals surface area contributed by atoms with E-state index in [0.717, 1.165) is 5.69 Å². The van der Waals surface area contributed by atoms with Crippen LogP contribution in [-0.4, -0.2) is 20.9 Å². The maximum Gasteiger partial charge on any atom is 0.0656 e. The Morgan fingerprint density at radius 2 is 1.93 bits per heavy atom. The lowest BCUT2D eigenvalue weighted by atomic mass is 10.2. The van der Waals surface area contributed by atoms with Crippen molar-refractivity contribution < 1.29 is 9.11 Å². The summed E-state index contributed by atoms with van der Waals surface area (Å²) >= 11 is 0. The first-order chi connectivity index (χ1) is 6.66. The maximum atomic E-state index is 9.35. The number of rotatable bonds is 2. The second kappa shape index (κ2) is 3.65. The van der Waals surface area contributed by atoms with Crippen LogP contribution >= 0.6 is 10.6 Å². The zero-order valence-electron chi connectivity index (χ0n) is 7.63. The maximum absolute atomic E-state index is 9.35. The highest BCUT2D eigenvalue weighted by Crippen LogP contribution is 2.45. The van der Waals surface area contributed by atoms with E-state index in [9.17, 15) is 9.11 Å². The van der Waals surface area contributed by atoms with Crippen LogP contribution < -0.4 is 5.32 Å². The summed E-state index contributed by atoms with van der Waals surface area (Å²) < 4.78 is 18.7. The Bertz CT molecular complexity index is 337. The van der Waals surface area contributed by atoms with Crippen molar-refractivity contribution >= 4 is 16.3 Å². The molecule has 1 aliphatic rings. The largest absolute Gasteiger partial charge is 0.377 e. The van der Waals surface area contributed by atoms with Gasteiger partial charge in [0.1, 0.15) is 0 Å². The second-order valence-electron chi connectivity index (χ2n) is 3.33. The molecule has 4 heteroatoms. The minimum Gasteiger partial charge on any atom is -0.377 e. The summed E-state index contributed by atoms with van der Waals surface area (Å²) in [4.78, 5) is 0. The standard InChI is InChI=1S/C10H13NO2S/c12-14(13)7-6-10(8-14)11-9-4-2-1-3-5-9/h1-7,10-13H,8H2. The van der Waals surface area contributed by atoms with Crippen LogP contribution in [0.15, 0.2) is 41.8 Å². The Hall–Kier alpha value is -0.970. The lowest BCUT2D eigenvalue weighted by Crippen LogP contribution is -2.19. The second-order valence-corrected chi connectivity index (χ2v) is 5.37. The zero-order valence-corrected chi connectivity index (χ0v) is 8.45. The SMILES string of the molecule is OS1(O)C=CC(Nc2ccccc2)C1. The van der Waals surface area contributed by atoms with Gasteiger partial charge in [-0.1, -0.05) is 18.2 Å². The molecule has 14 heavy (non-hydrogen) atoms. The van der Waals surface area contributed by atoms with Crippen LogP contribution in [0.3, 0.4) is 0 Å². The molecule has 0 aliphatic carbocycles. The Morgan fingerprint density at radius 1 is 1.21 bits per heavy atom. The molecule has 1 aromatic rings. The van der Waals surface area contributed by atoms with Gasteiger partial charge in [0.2, 0.25) is 0 Å². The highest BCUT2D eigenvalue weighted by atomic mass is 32.3. The Labute approximate surface area is 84.8 Å². The van der Waals surface area contributed by atoms with Crippen molar-refractivity contribution in [2.24, 2.45) is 0 Å². The van der Waals surface area contributed by atoms with Gasteiger partial charge in [0.15, 0.2) is 0 Å². The van der Waals surface area contributed by atoms with Gasteiger partial charge in [0.25, 0.3) is 0 Å². The fourth-order valence-electron chi connectivity index (χ4n) is 1.43. The molecular formula is C10H13NO2S. The first-order valence-corrected chi connectivity index (χ1v) is 6.19. The van der Waals surface area contributed by atoms with Crippen LogP contribution in [-0.2, 0) is 0 Å². The van der Waals surface area contributed by atoms with Crippen LogP contribution in [0.2, 0.25) is 0 Å². The van der Waals surface area contributed by atoms with E-state index in [4.69, 9.17) is 0 Å². The number of hydrogen-bond donors (Lipinski definition) is 3. The molecule has 0 bridgehead atoms. The smallest absolute Gasteiger partial charge is 0.0656 e. The molecule has 3 N–H and O–H groups in total. The highest BCUT2D eigenvalue weighted by molar-refractivity contribution is 8.27. The van der Waals surface area contributed by atoms with Gasteiger partial charge in [-0.2, -0.15) is 10.6 Å². The molecule has 1 atom stereocenters. The Balaban J connectivity index is 1.98. The predicted octanol–water partition coefficient (Wildman–Crippen LogP) is 2.75. The number of hydrogen-bond acceptors (Lipinski definition) is 3. The minimum atomic E-state index is -2.46. The summed E-state index contributed by atoms with van der Waals surface area (Å²) in [5, 5.41) is 4.70. The third kappa shape index (κ3) is 2.29. The van der Waals surface area contributed by atoms with E-state index < -0.39 is 10.6 Å². The van der Waals surface area contributed by atoms with Crippen LogP contribution in [0.25, 0.3) is 0 Å².